The Hall–Kier alpha value is -1.09. The summed E-state index contributed by atoms with van der Waals surface area (Å²) in [6.45, 7) is 2.23. The van der Waals surface area contributed by atoms with Gasteiger partial charge in [0.2, 0.25) is 0 Å². The average molecular weight is 295 g/mol. The largest absolute Gasteiger partial charge is 0.494 e. The Morgan fingerprint density at radius 1 is 1.10 bits per heavy atom. The minimum absolute atomic E-state index is 0.0299. The predicted molar refractivity (Wildman–Crippen MR) is 87.2 cm³/mol. The van der Waals surface area contributed by atoms with E-state index >= 15 is 0 Å². The van der Waals surface area contributed by atoms with Crippen molar-refractivity contribution in [3.63, 3.8) is 0 Å². The molecule has 3 heteroatoms. The molecule has 0 radical (unpaired) electrons. The van der Waals surface area contributed by atoms with Crippen LogP contribution < -0.4 is 10.5 Å². The maximum Gasteiger partial charge on any atom is 0.168 e. The highest BCUT2D eigenvalue weighted by Crippen LogP contribution is 2.21. The van der Waals surface area contributed by atoms with Gasteiger partial charge in [-0.25, -0.2) is 4.39 Å². The lowest BCUT2D eigenvalue weighted by Crippen LogP contribution is -2.23. The fourth-order valence-corrected chi connectivity index (χ4v) is 2.62. The van der Waals surface area contributed by atoms with Gasteiger partial charge in [0.15, 0.2) is 11.6 Å². The molecule has 2 nitrogen and oxygen atoms in total. The van der Waals surface area contributed by atoms with E-state index in [0.717, 1.165) is 12.8 Å². The van der Waals surface area contributed by atoms with Crippen LogP contribution in [0.15, 0.2) is 18.2 Å². The lowest BCUT2D eigenvalue weighted by molar-refractivity contribution is 0.383. The van der Waals surface area contributed by atoms with Gasteiger partial charge in [0.25, 0.3) is 0 Å². The predicted octanol–water partition coefficient (Wildman–Crippen LogP) is 4.84. The molecular weight excluding hydrogens is 265 g/mol. The Bertz CT molecular complexity index is 395. The standard InChI is InChI=1S/C18H30FNO/c1-3-4-5-6-7-8-9-12-16(20)14-15-11-10-13-17(21-2)18(15)19/h10-11,13,16H,3-9,12,14,20H2,1-2H3. The van der Waals surface area contributed by atoms with Crippen LogP contribution in [0.2, 0.25) is 0 Å². The van der Waals surface area contributed by atoms with Gasteiger partial charge in [0.1, 0.15) is 0 Å². The number of unbranched alkanes of at least 4 members (excludes halogenated alkanes) is 6. The second kappa shape index (κ2) is 10.6. The van der Waals surface area contributed by atoms with Crippen molar-refractivity contribution in [1.29, 1.82) is 0 Å². The van der Waals surface area contributed by atoms with Crippen LogP contribution in [0.4, 0.5) is 4.39 Å². The summed E-state index contributed by atoms with van der Waals surface area (Å²) in [4.78, 5) is 0. The smallest absolute Gasteiger partial charge is 0.168 e. The molecule has 1 aromatic rings. The van der Waals surface area contributed by atoms with Gasteiger partial charge < -0.3 is 10.5 Å². The van der Waals surface area contributed by atoms with Crippen molar-refractivity contribution >= 4 is 0 Å². The molecule has 0 aliphatic rings. The number of hydrogen-bond acceptors (Lipinski definition) is 2. The first kappa shape index (κ1) is 18.0. The molecule has 0 saturated carbocycles. The molecule has 120 valence electrons. The highest BCUT2D eigenvalue weighted by Gasteiger charge is 2.11. The fourth-order valence-electron chi connectivity index (χ4n) is 2.62. The third-order valence-corrected chi connectivity index (χ3v) is 3.92. The van der Waals surface area contributed by atoms with Gasteiger partial charge in [-0.15, -0.1) is 0 Å². The molecular formula is C18H30FNO. The third-order valence-electron chi connectivity index (χ3n) is 3.92. The minimum atomic E-state index is -0.269. The molecule has 1 unspecified atom stereocenters. The summed E-state index contributed by atoms with van der Waals surface area (Å²) < 4.78 is 19.0. The third kappa shape index (κ3) is 6.94. The van der Waals surface area contributed by atoms with Crippen LogP contribution in [0.5, 0.6) is 5.75 Å². The number of ether oxygens (including phenoxy) is 1. The monoisotopic (exact) mass is 295 g/mol. The summed E-state index contributed by atoms with van der Waals surface area (Å²) in [7, 11) is 1.49. The number of benzene rings is 1. The molecule has 0 aliphatic heterocycles. The van der Waals surface area contributed by atoms with Crippen molar-refractivity contribution in [3.05, 3.63) is 29.6 Å². The first-order valence-corrected chi connectivity index (χ1v) is 8.26. The zero-order valence-corrected chi connectivity index (χ0v) is 13.5. The number of rotatable bonds is 11. The summed E-state index contributed by atoms with van der Waals surface area (Å²) in [5, 5.41) is 0. The van der Waals surface area contributed by atoms with Crippen LogP contribution in [0, 0.1) is 5.82 Å². The number of nitrogens with two attached hydrogens (primary N) is 1. The van der Waals surface area contributed by atoms with E-state index in [2.05, 4.69) is 6.92 Å². The molecule has 1 atom stereocenters. The molecule has 1 rings (SSSR count). The second-order valence-corrected chi connectivity index (χ2v) is 5.81. The Morgan fingerprint density at radius 2 is 1.76 bits per heavy atom. The van der Waals surface area contributed by atoms with Gasteiger partial charge in [0.05, 0.1) is 7.11 Å². The molecule has 0 fully saturated rings. The summed E-state index contributed by atoms with van der Waals surface area (Å²) in [5.74, 6) is 0.0330. The fraction of sp³-hybridized carbons (Fsp3) is 0.667. The zero-order valence-electron chi connectivity index (χ0n) is 13.5. The average Bonchev–Trinajstić information content (AvgIpc) is 2.48. The van der Waals surface area contributed by atoms with Crippen LogP contribution in [0.1, 0.15) is 63.9 Å². The summed E-state index contributed by atoms with van der Waals surface area (Å²) in [6.07, 6.45) is 10.5. The van der Waals surface area contributed by atoms with E-state index < -0.39 is 0 Å². The van der Waals surface area contributed by atoms with E-state index in [4.69, 9.17) is 10.5 Å². The Labute approximate surface area is 128 Å². The number of methoxy groups -OCH3 is 1. The Kier molecular flexibility index (Phi) is 9.07. The van der Waals surface area contributed by atoms with Crippen LogP contribution in [0.3, 0.4) is 0 Å². The molecule has 0 bridgehead atoms. The normalized spacial score (nSPS) is 12.4. The molecule has 0 aromatic heterocycles. The van der Waals surface area contributed by atoms with Crippen molar-refractivity contribution in [3.8, 4) is 5.75 Å². The van der Waals surface area contributed by atoms with Gasteiger partial charge >= 0.3 is 0 Å². The molecule has 0 amide bonds. The van der Waals surface area contributed by atoms with E-state index in [0.29, 0.717) is 17.7 Å². The molecule has 0 heterocycles. The van der Waals surface area contributed by atoms with Crippen molar-refractivity contribution in [2.75, 3.05) is 7.11 Å². The van der Waals surface area contributed by atoms with Crippen molar-refractivity contribution in [2.45, 2.75) is 70.8 Å². The quantitative estimate of drug-likeness (QED) is 0.593. The summed E-state index contributed by atoms with van der Waals surface area (Å²) >= 11 is 0. The number of hydrogen-bond donors (Lipinski definition) is 1. The zero-order chi connectivity index (χ0) is 15.5. The van der Waals surface area contributed by atoms with E-state index in [9.17, 15) is 4.39 Å². The van der Waals surface area contributed by atoms with Crippen molar-refractivity contribution in [1.82, 2.24) is 0 Å². The lowest BCUT2D eigenvalue weighted by Gasteiger charge is -2.13. The van der Waals surface area contributed by atoms with E-state index in [1.165, 1.54) is 45.6 Å². The highest BCUT2D eigenvalue weighted by molar-refractivity contribution is 5.31. The Balaban J connectivity index is 2.23. The van der Waals surface area contributed by atoms with E-state index in [1.807, 2.05) is 6.07 Å². The Morgan fingerprint density at radius 3 is 2.43 bits per heavy atom. The van der Waals surface area contributed by atoms with Crippen LogP contribution in [0.25, 0.3) is 0 Å². The number of halogens is 1. The molecule has 0 saturated heterocycles. The van der Waals surface area contributed by atoms with Crippen LogP contribution >= 0.6 is 0 Å². The van der Waals surface area contributed by atoms with Gasteiger partial charge in [-0.05, 0) is 24.5 Å². The molecule has 2 N–H and O–H groups in total. The molecule has 21 heavy (non-hydrogen) atoms. The van der Waals surface area contributed by atoms with E-state index in [1.54, 1.807) is 12.1 Å². The van der Waals surface area contributed by atoms with Crippen molar-refractivity contribution < 1.29 is 9.13 Å². The van der Waals surface area contributed by atoms with Crippen LogP contribution in [-0.4, -0.2) is 13.2 Å². The van der Waals surface area contributed by atoms with E-state index in [-0.39, 0.29) is 11.9 Å². The molecule has 0 spiro atoms. The first-order chi connectivity index (χ1) is 10.2. The van der Waals surface area contributed by atoms with Gasteiger partial charge in [0, 0.05) is 6.04 Å². The first-order valence-electron chi connectivity index (χ1n) is 8.26. The molecule has 1 aromatic carbocycles. The maximum atomic E-state index is 14.0. The van der Waals surface area contributed by atoms with Crippen molar-refractivity contribution in [2.24, 2.45) is 5.73 Å². The summed E-state index contributed by atoms with van der Waals surface area (Å²) in [6, 6.07) is 5.28. The minimum Gasteiger partial charge on any atom is -0.494 e. The second-order valence-electron chi connectivity index (χ2n) is 5.81. The van der Waals surface area contributed by atoms with Gasteiger partial charge in [-0.1, -0.05) is 64.0 Å². The van der Waals surface area contributed by atoms with Gasteiger partial charge in [-0.2, -0.15) is 0 Å². The van der Waals surface area contributed by atoms with Crippen LogP contribution in [-0.2, 0) is 6.42 Å². The maximum absolute atomic E-state index is 14.0. The molecule has 0 aliphatic carbocycles. The summed E-state index contributed by atoms with van der Waals surface area (Å²) in [5.41, 5.74) is 6.78. The topological polar surface area (TPSA) is 35.2 Å². The highest BCUT2D eigenvalue weighted by atomic mass is 19.1. The van der Waals surface area contributed by atoms with Gasteiger partial charge in [-0.3, -0.25) is 0 Å². The SMILES string of the molecule is CCCCCCCCCC(N)Cc1cccc(OC)c1F. The lowest BCUT2D eigenvalue weighted by atomic mass is 9.99.